The van der Waals surface area contributed by atoms with Gasteiger partial charge in [0, 0.05) is 21.0 Å². The average Bonchev–Trinajstić information content (AvgIpc) is 2.90. The lowest BCUT2D eigenvalue weighted by Crippen LogP contribution is -1.81. The zero-order chi connectivity index (χ0) is 14.4. The highest BCUT2D eigenvalue weighted by molar-refractivity contribution is 6.35. The van der Waals surface area contributed by atoms with E-state index in [1.807, 2.05) is 42.5 Å². The lowest BCUT2D eigenvalue weighted by atomic mass is 10.0. The maximum atomic E-state index is 6.25. The van der Waals surface area contributed by atoms with Crippen molar-refractivity contribution in [3.05, 3.63) is 64.6 Å². The van der Waals surface area contributed by atoms with E-state index in [2.05, 4.69) is 4.98 Å². The van der Waals surface area contributed by atoms with Gasteiger partial charge in [0.05, 0.1) is 0 Å². The van der Waals surface area contributed by atoms with Crippen LogP contribution in [0.1, 0.15) is 0 Å². The van der Waals surface area contributed by atoms with E-state index in [9.17, 15) is 0 Å². The van der Waals surface area contributed by atoms with Crippen molar-refractivity contribution in [1.82, 2.24) is 4.98 Å². The Balaban J connectivity index is 2.02. The van der Waals surface area contributed by atoms with Crippen molar-refractivity contribution >= 4 is 45.1 Å². The highest BCUT2D eigenvalue weighted by Crippen LogP contribution is 2.33. The van der Waals surface area contributed by atoms with Crippen molar-refractivity contribution in [2.45, 2.75) is 0 Å². The Morgan fingerprint density at radius 3 is 2.57 bits per heavy atom. The molecule has 2 nitrogen and oxygen atoms in total. The Labute approximate surface area is 130 Å². The predicted octanol–water partition coefficient (Wildman–Crippen LogP) is 5.95. The van der Waals surface area contributed by atoms with Crippen molar-refractivity contribution in [2.24, 2.45) is 0 Å². The molecule has 0 saturated heterocycles. The Morgan fingerprint density at radius 2 is 1.67 bits per heavy atom. The lowest BCUT2D eigenvalue weighted by molar-refractivity contribution is 0.620. The third kappa shape index (κ3) is 2.08. The van der Waals surface area contributed by atoms with E-state index in [1.165, 1.54) is 0 Å². The van der Waals surface area contributed by atoms with E-state index in [1.54, 1.807) is 12.1 Å². The van der Waals surface area contributed by atoms with Gasteiger partial charge in [-0.1, -0.05) is 47.5 Å². The number of oxazole rings is 1. The Morgan fingerprint density at radius 1 is 0.857 bits per heavy atom. The fourth-order valence-electron chi connectivity index (χ4n) is 2.47. The van der Waals surface area contributed by atoms with Gasteiger partial charge in [-0.2, -0.15) is 0 Å². The molecule has 3 aromatic carbocycles. The van der Waals surface area contributed by atoms with Crippen LogP contribution < -0.4 is 0 Å². The van der Waals surface area contributed by atoms with E-state index in [-0.39, 0.29) is 0 Å². The van der Waals surface area contributed by atoms with Crippen LogP contribution in [0.3, 0.4) is 0 Å². The monoisotopic (exact) mass is 313 g/mol. The Kier molecular flexibility index (Phi) is 2.88. The van der Waals surface area contributed by atoms with Crippen LogP contribution in [-0.4, -0.2) is 4.98 Å². The summed E-state index contributed by atoms with van der Waals surface area (Å²) >= 11 is 12.2. The SMILES string of the molecule is Clc1ccc2oc(-c3cccc4c(Cl)cccc34)nc2c1. The van der Waals surface area contributed by atoms with Crippen molar-refractivity contribution in [3.63, 3.8) is 0 Å². The molecule has 21 heavy (non-hydrogen) atoms. The standard InChI is InChI=1S/C17H9Cl2NO/c18-10-7-8-16-15(9-10)20-17(21-16)13-5-1-4-12-11(13)3-2-6-14(12)19/h1-9H. The second-order valence-corrected chi connectivity index (χ2v) is 5.62. The molecule has 0 aliphatic carbocycles. The molecule has 0 N–H and O–H groups in total. The van der Waals surface area contributed by atoms with Gasteiger partial charge < -0.3 is 4.42 Å². The summed E-state index contributed by atoms with van der Waals surface area (Å²) in [4.78, 5) is 4.53. The summed E-state index contributed by atoms with van der Waals surface area (Å²) in [6, 6.07) is 17.1. The highest BCUT2D eigenvalue weighted by Gasteiger charge is 2.12. The van der Waals surface area contributed by atoms with Crippen molar-refractivity contribution in [2.75, 3.05) is 0 Å². The molecule has 1 aromatic heterocycles. The van der Waals surface area contributed by atoms with Crippen molar-refractivity contribution < 1.29 is 4.42 Å². The van der Waals surface area contributed by atoms with Crippen LogP contribution in [0.15, 0.2) is 59.0 Å². The molecule has 0 radical (unpaired) electrons. The van der Waals surface area contributed by atoms with Gasteiger partial charge in [0.15, 0.2) is 5.58 Å². The second kappa shape index (κ2) is 4.76. The van der Waals surface area contributed by atoms with Crippen molar-refractivity contribution in [1.29, 1.82) is 0 Å². The normalized spacial score (nSPS) is 11.3. The fraction of sp³-hybridized carbons (Fsp3) is 0. The van der Waals surface area contributed by atoms with Crippen LogP contribution in [0.4, 0.5) is 0 Å². The maximum absolute atomic E-state index is 6.25. The molecule has 0 aliphatic rings. The van der Waals surface area contributed by atoms with E-state index in [0.717, 1.165) is 21.9 Å². The van der Waals surface area contributed by atoms with E-state index < -0.39 is 0 Å². The number of benzene rings is 3. The van der Waals surface area contributed by atoms with Gasteiger partial charge in [0.1, 0.15) is 5.52 Å². The number of rotatable bonds is 1. The summed E-state index contributed by atoms with van der Waals surface area (Å²) in [5.41, 5.74) is 2.38. The smallest absolute Gasteiger partial charge is 0.227 e. The average molecular weight is 314 g/mol. The third-order valence-electron chi connectivity index (χ3n) is 3.45. The first-order valence-electron chi connectivity index (χ1n) is 6.46. The van der Waals surface area contributed by atoms with E-state index in [0.29, 0.717) is 21.5 Å². The predicted molar refractivity (Wildman–Crippen MR) is 87.0 cm³/mol. The molecule has 0 saturated carbocycles. The number of hydrogen-bond acceptors (Lipinski definition) is 2. The molecule has 0 aliphatic heterocycles. The topological polar surface area (TPSA) is 26.0 Å². The van der Waals surface area contributed by atoms with Gasteiger partial charge in [0.2, 0.25) is 5.89 Å². The van der Waals surface area contributed by atoms with Crippen LogP contribution in [0.25, 0.3) is 33.3 Å². The van der Waals surface area contributed by atoms with Crippen LogP contribution >= 0.6 is 23.2 Å². The first-order valence-corrected chi connectivity index (χ1v) is 7.22. The van der Waals surface area contributed by atoms with Crippen LogP contribution in [0, 0.1) is 0 Å². The lowest BCUT2D eigenvalue weighted by Gasteiger charge is -2.04. The molecule has 0 atom stereocenters. The molecule has 102 valence electrons. The van der Waals surface area contributed by atoms with Gasteiger partial charge in [-0.05, 0) is 35.7 Å². The molecule has 4 aromatic rings. The zero-order valence-corrected chi connectivity index (χ0v) is 12.3. The van der Waals surface area contributed by atoms with E-state index in [4.69, 9.17) is 27.6 Å². The second-order valence-electron chi connectivity index (χ2n) is 4.77. The first-order chi connectivity index (χ1) is 10.2. The number of halogens is 2. The van der Waals surface area contributed by atoms with Crippen LogP contribution in [0.5, 0.6) is 0 Å². The van der Waals surface area contributed by atoms with Crippen LogP contribution in [0.2, 0.25) is 10.0 Å². The summed E-state index contributed by atoms with van der Waals surface area (Å²) < 4.78 is 5.84. The minimum absolute atomic E-state index is 0.570. The van der Waals surface area contributed by atoms with Crippen molar-refractivity contribution in [3.8, 4) is 11.5 Å². The molecule has 0 bridgehead atoms. The third-order valence-corrected chi connectivity index (χ3v) is 4.01. The van der Waals surface area contributed by atoms with Gasteiger partial charge in [0.25, 0.3) is 0 Å². The molecule has 0 unspecified atom stereocenters. The van der Waals surface area contributed by atoms with Gasteiger partial charge in [-0.25, -0.2) is 4.98 Å². The summed E-state index contributed by atoms with van der Waals surface area (Å²) in [6.45, 7) is 0. The summed E-state index contributed by atoms with van der Waals surface area (Å²) in [7, 11) is 0. The summed E-state index contributed by atoms with van der Waals surface area (Å²) in [6.07, 6.45) is 0. The van der Waals surface area contributed by atoms with Gasteiger partial charge >= 0.3 is 0 Å². The summed E-state index contributed by atoms with van der Waals surface area (Å²) in [5.74, 6) is 0.570. The molecular weight excluding hydrogens is 305 g/mol. The minimum atomic E-state index is 0.570. The quantitative estimate of drug-likeness (QED) is 0.433. The zero-order valence-electron chi connectivity index (χ0n) is 10.8. The number of hydrogen-bond donors (Lipinski definition) is 0. The van der Waals surface area contributed by atoms with Gasteiger partial charge in [-0.3, -0.25) is 0 Å². The molecule has 4 rings (SSSR count). The van der Waals surface area contributed by atoms with Gasteiger partial charge in [-0.15, -0.1) is 0 Å². The highest BCUT2D eigenvalue weighted by atomic mass is 35.5. The molecule has 0 amide bonds. The maximum Gasteiger partial charge on any atom is 0.227 e. The Hall–Kier alpha value is -2.03. The molecule has 1 heterocycles. The molecule has 4 heteroatoms. The van der Waals surface area contributed by atoms with E-state index >= 15 is 0 Å². The number of fused-ring (bicyclic) bond motifs is 2. The number of nitrogens with zero attached hydrogens (tertiary/aromatic N) is 1. The number of aromatic nitrogens is 1. The van der Waals surface area contributed by atoms with Crippen LogP contribution in [-0.2, 0) is 0 Å². The fourth-order valence-corrected chi connectivity index (χ4v) is 2.88. The minimum Gasteiger partial charge on any atom is -0.436 e. The molecule has 0 fully saturated rings. The molecule has 0 spiro atoms. The largest absolute Gasteiger partial charge is 0.436 e. The summed E-state index contributed by atoms with van der Waals surface area (Å²) in [5, 5.41) is 3.36. The molecular formula is C17H9Cl2NO. The first kappa shape index (κ1) is 12.7. The Bertz CT molecular complexity index is 975.